The van der Waals surface area contributed by atoms with Crippen molar-refractivity contribution in [1.29, 1.82) is 0 Å². The van der Waals surface area contributed by atoms with Gasteiger partial charge in [-0.15, -0.1) is 12.4 Å². The van der Waals surface area contributed by atoms with Crippen LogP contribution in [0.1, 0.15) is 17.2 Å². The predicted octanol–water partition coefficient (Wildman–Crippen LogP) is 5.21. The minimum absolute atomic E-state index is 0. The molecule has 0 aliphatic carbocycles. The molecule has 0 spiro atoms. The number of anilines is 2. The monoisotopic (exact) mass is 544 g/mol. The van der Waals surface area contributed by atoms with Crippen LogP contribution in [-0.4, -0.2) is 38.9 Å². The van der Waals surface area contributed by atoms with Crippen LogP contribution in [0.25, 0.3) is 11.3 Å². The standard InChI is InChI=1S/C26H22Cl2N4O3.ClH/c27-18-4-1-3-16(11-18)13-31(19-9-7-17(8-10-19)22-12-29-15-30-22)23(33)14-32-24-20(25(34)26(32)35)5-2-6-21(24)28;/h1-12,15,25-26,34-35H,13-14H2,(H,29,30);1H. The van der Waals surface area contributed by atoms with E-state index in [4.69, 9.17) is 23.2 Å². The highest BCUT2D eigenvalue weighted by atomic mass is 35.5. The lowest BCUT2D eigenvalue weighted by Gasteiger charge is -2.29. The molecule has 2 heterocycles. The molecule has 3 N–H and O–H groups in total. The summed E-state index contributed by atoms with van der Waals surface area (Å²) in [6, 6.07) is 19.9. The van der Waals surface area contributed by atoms with E-state index < -0.39 is 12.3 Å². The van der Waals surface area contributed by atoms with Crippen molar-refractivity contribution < 1.29 is 15.0 Å². The predicted molar refractivity (Wildman–Crippen MR) is 144 cm³/mol. The largest absolute Gasteiger partial charge is 0.384 e. The summed E-state index contributed by atoms with van der Waals surface area (Å²) in [5, 5.41) is 22.1. The number of rotatable bonds is 6. The Morgan fingerprint density at radius 2 is 1.81 bits per heavy atom. The van der Waals surface area contributed by atoms with Crippen molar-refractivity contribution >= 4 is 52.9 Å². The number of aliphatic hydroxyl groups excluding tert-OH is 2. The summed E-state index contributed by atoms with van der Waals surface area (Å²) in [7, 11) is 0. The van der Waals surface area contributed by atoms with Gasteiger partial charge in [0.05, 0.1) is 35.5 Å². The summed E-state index contributed by atoms with van der Waals surface area (Å²) in [6.45, 7) is 0.0858. The number of nitrogens with one attached hydrogen (secondary N) is 1. The molecule has 5 rings (SSSR count). The van der Waals surface area contributed by atoms with Gasteiger partial charge in [-0.3, -0.25) is 4.79 Å². The van der Waals surface area contributed by atoms with Crippen molar-refractivity contribution in [3.05, 3.63) is 100 Å². The van der Waals surface area contributed by atoms with Crippen LogP contribution in [0.3, 0.4) is 0 Å². The van der Waals surface area contributed by atoms with Gasteiger partial charge in [0.15, 0.2) is 6.23 Å². The second-order valence-corrected chi connectivity index (χ2v) is 9.13. The molecule has 0 radical (unpaired) electrons. The van der Waals surface area contributed by atoms with Gasteiger partial charge in [-0.05, 0) is 41.5 Å². The van der Waals surface area contributed by atoms with Crippen LogP contribution in [0.2, 0.25) is 10.0 Å². The smallest absolute Gasteiger partial charge is 0.246 e. The molecule has 2 unspecified atom stereocenters. The third-order valence-corrected chi connectivity index (χ3v) is 6.59. The Bertz CT molecular complexity index is 1350. The molecule has 3 aromatic carbocycles. The molecule has 1 aliphatic heterocycles. The second kappa shape index (κ2) is 10.9. The Kier molecular flexibility index (Phi) is 7.88. The number of carbonyl (C=O) groups excluding carboxylic acids is 1. The topological polar surface area (TPSA) is 92.7 Å². The molecule has 10 heteroatoms. The molecular weight excluding hydrogens is 523 g/mol. The van der Waals surface area contributed by atoms with Gasteiger partial charge in [-0.2, -0.15) is 0 Å². The van der Waals surface area contributed by atoms with E-state index in [1.54, 1.807) is 47.8 Å². The van der Waals surface area contributed by atoms with E-state index in [9.17, 15) is 15.0 Å². The number of carbonyl (C=O) groups is 1. The lowest BCUT2D eigenvalue weighted by atomic mass is 10.1. The zero-order chi connectivity index (χ0) is 24.5. The highest BCUT2D eigenvalue weighted by molar-refractivity contribution is 6.33. The Labute approximate surface area is 224 Å². The fourth-order valence-electron chi connectivity index (χ4n) is 4.32. The summed E-state index contributed by atoms with van der Waals surface area (Å²) < 4.78 is 0. The Morgan fingerprint density at radius 3 is 2.50 bits per heavy atom. The molecule has 2 atom stereocenters. The minimum Gasteiger partial charge on any atom is -0.384 e. The first-order chi connectivity index (χ1) is 16.9. The summed E-state index contributed by atoms with van der Waals surface area (Å²) in [5.41, 5.74) is 4.27. The summed E-state index contributed by atoms with van der Waals surface area (Å²) in [5.74, 6) is -0.279. The fourth-order valence-corrected chi connectivity index (χ4v) is 4.82. The van der Waals surface area contributed by atoms with E-state index in [-0.39, 0.29) is 31.4 Å². The van der Waals surface area contributed by atoms with Crippen LogP contribution in [-0.2, 0) is 11.3 Å². The van der Waals surface area contributed by atoms with Gasteiger partial charge in [-0.25, -0.2) is 4.98 Å². The number of aromatic nitrogens is 2. The van der Waals surface area contributed by atoms with E-state index in [2.05, 4.69) is 9.97 Å². The number of benzene rings is 3. The van der Waals surface area contributed by atoms with Crippen molar-refractivity contribution in [2.75, 3.05) is 16.3 Å². The number of hydrogen-bond donors (Lipinski definition) is 3. The van der Waals surface area contributed by atoms with Gasteiger partial charge in [-0.1, -0.05) is 59.6 Å². The molecule has 0 saturated heterocycles. The van der Waals surface area contributed by atoms with Gasteiger partial charge >= 0.3 is 0 Å². The molecule has 1 aromatic heterocycles. The molecule has 36 heavy (non-hydrogen) atoms. The lowest BCUT2D eigenvalue weighted by Crippen LogP contribution is -2.44. The SMILES string of the molecule is Cl.O=C(CN1c2c(Cl)cccc2C(O)C1O)N(Cc1cccc(Cl)c1)c1ccc(-c2cnc[nH]2)cc1. The first-order valence-corrected chi connectivity index (χ1v) is 11.7. The number of fused-ring (bicyclic) bond motifs is 1. The van der Waals surface area contributed by atoms with Crippen LogP contribution < -0.4 is 9.80 Å². The molecular formula is C26H23Cl3N4O3. The maximum atomic E-state index is 13.7. The normalized spacial score (nSPS) is 16.4. The van der Waals surface area contributed by atoms with Gasteiger partial charge in [0.1, 0.15) is 12.6 Å². The number of halogens is 3. The quantitative estimate of drug-likeness (QED) is 0.309. The number of imidazole rings is 1. The Hall–Kier alpha value is -3.07. The summed E-state index contributed by atoms with van der Waals surface area (Å²) in [6.07, 6.45) is 0.887. The first kappa shape index (κ1) is 26.0. The fraction of sp³-hybridized carbons (Fsp3) is 0.154. The average molecular weight is 546 g/mol. The summed E-state index contributed by atoms with van der Waals surface area (Å²) >= 11 is 12.6. The lowest BCUT2D eigenvalue weighted by molar-refractivity contribution is -0.118. The minimum atomic E-state index is -1.29. The molecule has 0 saturated carbocycles. The molecule has 1 amide bonds. The van der Waals surface area contributed by atoms with Crippen molar-refractivity contribution in [3.63, 3.8) is 0 Å². The molecule has 4 aromatic rings. The van der Waals surface area contributed by atoms with E-state index in [0.717, 1.165) is 16.8 Å². The van der Waals surface area contributed by atoms with Crippen LogP contribution in [0.5, 0.6) is 0 Å². The maximum Gasteiger partial charge on any atom is 0.246 e. The molecule has 0 fully saturated rings. The summed E-state index contributed by atoms with van der Waals surface area (Å²) in [4.78, 5) is 23.9. The molecule has 7 nitrogen and oxygen atoms in total. The number of aliphatic hydroxyl groups is 2. The van der Waals surface area contributed by atoms with Gasteiger partial charge in [0.25, 0.3) is 0 Å². The Balaban J connectivity index is 0.00000304. The van der Waals surface area contributed by atoms with Crippen molar-refractivity contribution in [2.45, 2.75) is 18.9 Å². The molecule has 186 valence electrons. The number of nitrogens with zero attached hydrogens (tertiary/aromatic N) is 3. The van der Waals surface area contributed by atoms with Crippen LogP contribution in [0.15, 0.2) is 79.3 Å². The van der Waals surface area contributed by atoms with Crippen molar-refractivity contribution in [2.24, 2.45) is 0 Å². The van der Waals surface area contributed by atoms with Crippen molar-refractivity contribution in [3.8, 4) is 11.3 Å². The highest BCUT2D eigenvalue weighted by Crippen LogP contribution is 2.43. The van der Waals surface area contributed by atoms with Crippen LogP contribution in [0.4, 0.5) is 11.4 Å². The zero-order valence-electron chi connectivity index (χ0n) is 18.9. The zero-order valence-corrected chi connectivity index (χ0v) is 21.2. The highest BCUT2D eigenvalue weighted by Gasteiger charge is 2.39. The Morgan fingerprint density at radius 1 is 1.06 bits per heavy atom. The average Bonchev–Trinajstić information content (AvgIpc) is 3.47. The van der Waals surface area contributed by atoms with Gasteiger partial charge in [0, 0.05) is 16.3 Å². The number of para-hydroxylation sites is 1. The van der Waals surface area contributed by atoms with Crippen LogP contribution >= 0.6 is 35.6 Å². The van der Waals surface area contributed by atoms with E-state index in [1.165, 1.54) is 4.90 Å². The molecule has 0 bridgehead atoms. The van der Waals surface area contributed by atoms with Crippen molar-refractivity contribution in [1.82, 2.24) is 9.97 Å². The van der Waals surface area contributed by atoms with E-state index >= 15 is 0 Å². The number of H-pyrrole nitrogens is 1. The number of amides is 1. The number of aromatic amines is 1. The third kappa shape index (κ3) is 5.07. The van der Waals surface area contributed by atoms with Gasteiger partial charge < -0.3 is 25.0 Å². The van der Waals surface area contributed by atoms with Gasteiger partial charge in [0.2, 0.25) is 5.91 Å². The van der Waals surface area contributed by atoms with E-state index in [1.807, 2.05) is 36.4 Å². The van der Waals surface area contributed by atoms with E-state index in [0.29, 0.717) is 27.0 Å². The third-order valence-electron chi connectivity index (χ3n) is 6.05. The first-order valence-electron chi connectivity index (χ1n) is 11.0. The second-order valence-electron chi connectivity index (χ2n) is 8.29. The number of hydrogen-bond acceptors (Lipinski definition) is 5. The maximum absolute atomic E-state index is 13.7. The van der Waals surface area contributed by atoms with Crippen LogP contribution in [0, 0.1) is 0 Å². The molecule has 1 aliphatic rings.